The Morgan fingerprint density at radius 3 is 2.48 bits per heavy atom. The average molecular weight is 360 g/mol. The number of ether oxygens (including phenoxy) is 2. The van der Waals surface area contributed by atoms with E-state index in [0.717, 1.165) is 4.90 Å². The molecule has 2 rings (SSSR count). The monoisotopic (exact) mass is 360 g/mol. The second kappa shape index (κ2) is 9.10. The number of hydrogen-bond acceptors (Lipinski definition) is 5. The molecular weight excluding hydrogens is 340 g/mol. The number of hydrogen-bond donors (Lipinski definition) is 2. The van der Waals surface area contributed by atoms with Gasteiger partial charge in [-0.3, -0.25) is 9.59 Å². The van der Waals surface area contributed by atoms with E-state index in [1.165, 1.54) is 26.0 Å². The molecule has 6 nitrogen and oxygen atoms in total. The van der Waals surface area contributed by atoms with Gasteiger partial charge in [-0.2, -0.15) is 0 Å². The quantitative estimate of drug-likeness (QED) is 0.741. The number of carbonyl (C=O) groups excluding carboxylic acids is 2. The van der Waals surface area contributed by atoms with Crippen LogP contribution in [0.25, 0.3) is 0 Å². The summed E-state index contributed by atoms with van der Waals surface area (Å²) in [7, 11) is 2.97. The van der Waals surface area contributed by atoms with E-state index in [1.807, 2.05) is 24.5 Å². The SMILES string of the molecule is COCC(=O)Nc1ccc(OC)cc1NC(=O)c1ccccc1SC. The topological polar surface area (TPSA) is 76.7 Å². The summed E-state index contributed by atoms with van der Waals surface area (Å²) in [6.45, 7) is -0.0747. The lowest BCUT2D eigenvalue weighted by Gasteiger charge is -2.14. The molecule has 0 aliphatic heterocycles. The molecule has 0 saturated carbocycles. The van der Waals surface area contributed by atoms with Gasteiger partial charge in [0.25, 0.3) is 5.91 Å². The minimum atomic E-state index is -0.312. The van der Waals surface area contributed by atoms with Gasteiger partial charge in [-0.05, 0) is 30.5 Å². The molecule has 0 radical (unpaired) electrons. The first-order chi connectivity index (χ1) is 12.1. The standard InChI is InChI=1S/C18H20N2O4S/c1-23-11-17(21)19-14-9-8-12(24-2)10-15(14)20-18(22)13-6-4-5-7-16(13)25-3/h4-10H,11H2,1-3H3,(H,19,21)(H,20,22). The van der Waals surface area contributed by atoms with Crippen molar-refractivity contribution in [2.45, 2.75) is 4.90 Å². The third-order valence-corrected chi connectivity index (χ3v) is 4.17. The molecule has 0 bridgehead atoms. The van der Waals surface area contributed by atoms with Gasteiger partial charge in [-0.25, -0.2) is 0 Å². The highest BCUT2D eigenvalue weighted by Crippen LogP contribution is 2.29. The molecule has 0 aromatic heterocycles. The molecule has 25 heavy (non-hydrogen) atoms. The van der Waals surface area contributed by atoms with Crippen molar-refractivity contribution in [1.29, 1.82) is 0 Å². The van der Waals surface area contributed by atoms with Crippen molar-refractivity contribution in [3.63, 3.8) is 0 Å². The number of carbonyl (C=O) groups is 2. The van der Waals surface area contributed by atoms with E-state index in [0.29, 0.717) is 22.7 Å². The summed E-state index contributed by atoms with van der Waals surface area (Å²) in [5.41, 5.74) is 1.48. The third kappa shape index (κ3) is 4.98. The maximum absolute atomic E-state index is 12.7. The van der Waals surface area contributed by atoms with Crippen molar-refractivity contribution in [1.82, 2.24) is 0 Å². The average Bonchev–Trinajstić information content (AvgIpc) is 2.63. The smallest absolute Gasteiger partial charge is 0.256 e. The minimum Gasteiger partial charge on any atom is -0.497 e. The number of thioether (sulfide) groups is 1. The van der Waals surface area contributed by atoms with E-state index >= 15 is 0 Å². The van der Waals surface area contributed by atoms with Crippen molar-refractivity contribution in [3.05, 3.63) is 48.0 Å². The molecule has 0 spiro atoms. The fraction of sp³-hybridized carbons (Fsp3) is 0.222. The predicted molar refractivity (Wildman–Crippen MR) is 99.7 cm³/mol. The van der Waals surface area contributed by atoms with Gasteiger partial charge < -0.3 is 20.1 Å². The lowest BCUT2D eigenvalue weighted by Crippen LogP contribution is -2.20. The van der Waals surface area contributed by atoms with Crippen LogP contribution in [0.2, 0.25) is 0 Å². The second-order valence-corrected chi connectivity index (χ2v) is 5.90. The molecule has 0 aliphatic rings. The Kier molecular flexibility index (Phi) is 6.85. The van der Waals surface area contributed by atoms with Crippen molar-refractivity contribution in [3.8, 4) is 5.75 Å². The van der Waals surface area contributed by atoms with Crippen molar-refractivity contribution < 1.29 is 19.1 Å². The molecule has 2 aromatic rings. The molecule has 0 heterocycles. The number of rotatable bonds is 7. The first-order valence-electron chi connectivity index (χ1n) is 7.50. The Hall–Kier alpha value is -2.51. The fourth-order valence-corrected chi connectivity index (χ4v) is 2.80. The van der Waals surface area contributed by atoms with Gasteiger partial charge in [-0.15, -0.1) is 11.8 Å². The van der Waals surface area contributed by atoms with Crippen LogP contribution in [0.15, 0.2) is 47.4 Å². The van der Waals surface area contributed by atoms with Crippen LogP contribution in [0.4, 0.5) is 11.4 Å². The van der Waals surface area contributed by atoms with Crippen LogP contribution in [0, 0.1) is 0 Å². The molecule has 2 aromatic carbocycles. The highest BCUT2D eigenvalue weighted by molar-refractivity contribution is 7.98. The number of benzene rings is 2. The van der Waals surface area contributed by atoms with Crippen LogP contribution in [-0.2, 0) is 9.53 Å². The maximum atomic E-state index is 12.7. The van der Waals surface area contributed by atoms with E-state index in [9.17, 15) is 9.59 Å². The first-order valence-corrected chi connectivity index (χ1v) is 8.72. The number of nitrogens with one attached hydrogen (secondary N) is 2. The summed E-state index contributed by atoms with van der Waals surface area (Å²) in [6, 6.07) is 12.3. The highest BCUT2D eigenvalue weighted by Gasteiger charge is 2.14. The Labute approximate surface area is 150 Å². The highest BCUT2D eigenvalue weighted by atomic mass is 32.2. The van der Waals surface area contributed by atoms with E-state index < -0.39 is 0 Å². The zero-order valence-electron chi connectivity index (χ0n) is 14.3. The van der Waals surface area contributed by atoms with Gasteiger partial charge in [-0.1, -0.05) is 12.1 Å². The van der Waals surface area contributed by atoms with E-state index in [4.69, 9.17) is 9.47 Å². The predicted octanol–water partition coefficient (Wildman–Crippen LogP) is 3.25. The lowest BCUT2D eigenvalue weighted by atomic mass is 10.2. The summed E-state index contributed by atoms with van der Waals surface area (Å²) in [5.74, 6) is -0.00804. The molecule has 0 aliphatic carbocycles. The molecule has 0 atom stereocenters. The Morgan fingerprint density at radius 2 is 1.80 bits per heavy atom. The van der Waals surface area contributed by atoms with E-state index in [1.54, 1.807) is 24.3 Å². The van der Waals surface area contributed by atoms with Gasteiger partial charge in [0.1, 0.15) is 12.4 Å². The molecule has 7 heteroatoms. The lowest BCUT2D eigenvalue weighted by molar-refractivity contribution is -0.119. The molecule has 0 saturated heterocycles. The van der Waals surface area contributed by atoms with Crippen LogP contribution in [0.5, 0.6) is 5.75 Å². The minimum absolute atomic E-state index is 0.0747. The van der Waals surface area contributed by atoms with Crippen molar-refractivity contribution in [2.24, 2.45) is 0 Å². The van der Waals surface area contributed by atoms with Crippen LogP contribution in [-0.4, -0.2) is 38.9 Å². The van der Waals surface area contributed by atoms with Crippen molar-refractivity contribution >= 4 is 35.0 Å². The van der Waals surface area contributed by atoms with Crippen LogP contribution in [0.1, 0.15) is 10.4 Å². The molecule has 132 valence electrons. The number of amides is 2. The summed E-state index contributed by atoms with van der Waals surface area (Å²) >= 11 is 1.49. The van der Waals surface area contributed by atoms with Crippen LogP contribution >= 0.6 is 11.8 Å². The van der Waals surface area contributed by atoms with Gasteiger partial charge in [0, 0.05) is 18.1 Å². The van der Waals surface area contributed by atoms with Crippen LogP contribution < -0.4 is 15.4 Å². The van der Waals surface area contributed by atoms with Gasteiger partial charge in [0.15, 0.2) is 0 Å². The number of anilines is 2. The zero-order chi connectivity index (χ0) is 18.2. The Balaban J connectivity index is 2.29. The number of methoxy groups -OCH3 is 2. The Bertz CT molecular complexity index is 764. The zero-order valence-corrected chi connectivity index (χ0v) is 15.1. The van der Waals surface area contributed by atoms with Crippen LogP contribution in [0.3, 0.4) is 0 Å². The molecular formula is C18H20N2O4S. The largest absolute Gasteiger partial charge is 0.497 e. The van der Waals surface area contributed by atoms with Gasteiger partial charge in [0.2, 0.25) is 5.91 Å². The summed E-state index contributed by atoms with van der Waals surface area (Å²) in [4.78, 5) is 25.3. The summed E-state index contributed by atoms with van der Waals surface area (Å²) in [6.07, 6.45) is 1.91. The Morgan fingerprint density at radius 1 is 1.04 bits per heavy atom. The maximum Gasteiger partial charge on any atom is 0.256 e. The molecule has 0 unspecified atom stereocenters. The molecule has 0 fully saturated rings. The van der Waals surface area contributed by atoms with Crippen molar-refractivity contribution in [2.75, 3.05) is 37.7 Å². The summed E-state index contributed by atoms with van der Waals surface area (Å²) < 4.78 is 10.0. The summed E-state index contributed by atoms with van der Waals surface area (Å²) in [5, 5.41) is 5.54. The van der Waals surface area contributed by atoms with E-state index in [-0.39, 0.29) is 18.4 Å². The second-order valence-electron chi connectivity index (χ2n) is 5.05. The third-order valence-electron chi connectivity index (χ3n) is 3.38. The van der Waals surface area contributed by atoms with Gasteiger partial charge >= 0.3 is 0 Å². The first kappa shape index (κ1) is 18.8. The molecule has 2 N–H and O–H groups in total. The van der Waals surface area contributed by atoms with E-state index in [2.05, 4.69) is 10.6 Å². The fourth-order valence-electron chi connectivity index (χ4n) is 2.20. The van der Waals surface area contributed by atoms with Gasteiger partial charge in [0.05, 0.1) is 24.0 Å². The molecule has 2 amide bonds. The normalized spacial score (nSPS) is 10.2.